The molecule has 1 N–H and O–H groups in total. The fourth-order valence-corrected chi connectivity index (χ4v) is 3.78. The lowest BCUT2D eigenvalue weighted by atomic mass is 9.79. The van der Waals surface area contributed by atoms with Crippen LogP contribution >= 0.6 is 0 Å². The number of hydrogen-bond donors (Lipinski definition) is 1. The van der Waals surface area contributed by atoms with Crippen molar-refractivity contribution >= 4 is 17.6 Å². The van der Waals surface area contributed by atoms with Crippen LogP contribution in [-0.2, 0) is 11.8 Å². The highest BCUT2D eigenvalue weighted by atomic mass is 16.4. The molecule has 130 valence electrons. The van der Waals surface area contributed by atoms with Crippen LogP contribution in [0.1, 0.15) is 72.6 Å². The van der Waals surface area contributed by atoms with Crippen molar-refractivity contribution in [1.82, 2.24) is 0 Å². The van der Waals surface area contributed by atoms with Crippen LogP contribution in [0.5, 0.6) is 0 Å². The number of aromatic carboxylic acids is 1. The number of carbonyl (C=O) groups is 1. The standard InChI is InChI=1S/C23H26O2/c1-16(14-17-7-9-18(10-8-17)22(24)25)19-11-12-21-20(15-19)6-4-5-13-23(21,2)3/h7-12,14-15H,4-6,13H2,1-3H3,(H,24,25)/b16-14+. The van der Waals surface area contributed by atoms with Gasteiger partial charge in [0.15, 0.2) is 0 Å². The first kappa shape index (κ1) is 17.5. The van der Waals surface area contributed by atoms with Crippen LogP contribution < -0.4 is 0 Å². The molecule has 2 nitrogen and oxygen atoms in total. The van der Waals surface area contributed by atoms with E-state index in [2.05, 4.69) is 45.0 Å². The molecule has 3 rings (SSSR count). The van der Waals surface area contributed by atoms with Crippen LogP contribution in [0, 0.1) is 0 Å². The minimum atomic E-state index is -0.888. The third-order valence-electron chi connectivity index (χ3n) is 5.33. The maximum atomic E-state index is 11.0. The average Bonchev–Trinajstić information content (AvgIpc) is 2.73. The van der Waals surface area contributed by atoms with Gasteiger partial charge in [0.25, 0.3) is 0 Å². The van der Waals surface area contributed by atoms with Gasteiger partial charge in [-0.2, -0.15) is 0 Å². The molecule has 0 amide bonds. The summed E-state index contributed by atoms with van der Waals surface area (Å²) >= 11 is 0. The van der Waals surface area contributed by atoms with Crippen molar-refractivity contribution in [3.63, 3.8) is 0 Å². The molecule has 0 spiro atoms. The minimum absolute atomic E-state index is 0.259. The van der Waals surface area contributed by atoms with Gasteiger partial charge in [-0.25, -0.2) is 4.79 Å². The van der Waals surface area contributed by atoms with E-state index in [0.29, 0.717) is 5.56 Å². The summed E-state index contributed by atoms with van der Waals surface area (Å²) in [5, 5.41) is 9.00. The minimum Gasteiger partial charge on any atom is -0.478 e. The molecule has 0 saturated heterocycles. The van der Waals surface area contributed by atoms with Gasteiger partial charge in [-0.15, -0.1) is 0 Å². The number of benzene rings is 2. The van der Waals surface area contributed by atoms with Crippen LogP contribution in [0.2, 0.25) is 0 Å². The summed E-state index contributed by atoms with van der Waals surface area (Å²) in [6.45, 7) is 6.82. The fourth-order valence-electron chi connectivity index (χ4n) is 3.78. The molecule has 2 aromatic carbocycles. The maximum Gasteiger partial charge on any atom is 0.335 e. The Morgan fingerprint density at radius 2 is 1.72 bits per heavy atom. The van der Waals surface area contributed by atoms with Crippen LogP contribution in [0.15, 0.2) is 42.5 Å². The fraction of sp³-hybridized carbons (Fsp3) is 0.348. The van der Waals surface area contributed by atoms with Crippen molar-refractivity contribution in [3.05, 3.63) is 70.3 Å². The Bertz CT molecular complexity index is 810. The number of carboxylic acid groups (broad SMARTS) is 1. The molecule has 2 heteroatoms. The molecular weight excluding hydrogens is 308 g/mol. The van der Waals surface area contributed by atoms with Gasteiger partial charge in [-0.1, -0.05) is 56.7 Å². The van der Waals surface area contributed by atoms with E-state index in [9.17, 15) is 4.79 Å². The lowest BCUT2D eigenvalue weighted by molar-refractivity contribution is 0.0697. The number of allylic oxidation sites excluding steroid dienone is 1. The number of aryl methyl sites for hydroxylation is 1. The van der Waals surface area contributed by atoms with Crippen LogP contribution in [-0.4, -0.2) is 11.1 Å². The van der Waals surface area contributed by atoms with Gasteiger partial charge >= 0.3 is 5.97 Å². The van der Waals surface area contributed by atoms with Crippen molar-refractivity contribution in [1.29, 1.82) is 0 Å². The topological polar surface area (TPSA) is 37.3 Å². The van der Waals surface area contributed by atoms with E-state index in [4.69, 9.17) is 5.11 Å². The van der Waals surface area contributed by atoms with Crippen LogP contribution in [0.3, 0.4) is 0 Å². The van der Waals surface area contributed by atoms with Gasteiger partial charge in [-0.05, 0) is 71.6 Å². The molecular formula is C23H26O2. The van der Waals surface area contributed by atoms with Gasteiger partial charge in [0, 0.05) is 0 Å². The van der Waals surface area contributed by atoms with E-state index in [1.165, 1.54) is 41.5 Å². The highest BCUT2D eigenvalue weighted by molar-refractivity contribution is 5.88. The van der Waals surface area contributed by atoms with Gasteiger partial charge in [-0.3, -0.25) is 0 Å². The Hall–Kier alpha value is -2.35. The number of hydrogen-bond acceptors (Lipinski definition) is 1. The van der Waals surface area contributed by atoms with Gasteiger partial charge in [0.1, 0.15) is 0 Å². The van der Waals surface area contributed by atoms with E-state index in [1.54, 1.807) is 12.1 Å². The summed E-state index contributed by atoms with van der Waals surface area (Å²) in [4.78, 5) is 11.0. The van der Waals surface area contributed by atoms with E-state index >= 15 is 0 Å². The maximum absolute atomic E-state index is 11.0. The van der Waals surface area contributed by atoms with Crippen molar-refractivity contribution < 1.29 is 9.90 Å². The van der Waals surface area contributed by atoms with Crippen molar-refractivity contribution in [2.45, 2.75) is 51.9 Å². The zero-order chi connectivity index (χ0) is 18.0. The second kappa shape index (κ2) is 6.87. The van der Waals surface area contributed by atoms with E-state index in [-0.39, 0.29) is 5.41 Å². The average molecular weight is 334 g/mol. The molecule has 0 radical (unpaired) electrons. The molecule has 0 aliphatic heterocycles. The number of fused-ring (bicyclic) bond motifs is 1. The second-order valence-corrected chi connectivity index (χ2v) is 7.72. The van der Waals surface area contributed by atoms with E-state index in [0.717, 1.165) is 12.0 Å². The van der Waals surface area contributed by atoms with Crippen molar-refractivity contribution in [3.8, 4) is 0 Å². The Kier molecular flexibility index (Phi) is 4.80. The summed E-state index contributed by atoms with van der Waals surface area (Å²) in [6, 6.07) is 13.9. The van der Waals surface area contributed by atoms with E-state index in [1.807, 2.05) is 12.1 Å². The Morgan fingerprint density at radius 1 is 1.04 bits per heavy atom. The smallest absolute Gasteiger partial charge is 0.335 e. The monoisotopic (exact) mass is 334 g/mol. The largest absolute Gasteiger partial charge is 0.478 e. The Balaban J connectivity index is 1.91. The molecule has 0 aromatic heterocycles. The molecule has 0 atom stereocenters. The Labute approximate surface area is 150 Å². The Morgan fingerprint density at radius 3 is 2.40 bits per heavy atom. The summed E-state index contributed by atoms with van der Waals surface area (Å²) in [5.41, 5.74) is 7.03. The molecule has 0 heterocycles. The first-order chi connectivity index (χ1) is 11.9. The highest BCUT2D eigenvalue weighted by Crippen LogP contribution is 2.36. The normalized spacial score (nSPS) is 16.8. The highest BCUT2D eigenvalue weighted by Gasteiger charge is 2.25. The van der Waals surface area contributed by atoms with Crippen molar-refractivity contribution in [2.75, 3.05) is 0 Å². The van der Waals surface area contributed by atoms with E-state index < -0.39 is 5.97 Å². The van der Waals surface area contributed by atoms with Gasteiger partial charge < -0.3 is 5.11 Å². The summed E-state index contributed by atoms with van der Waals surface area (Å²) in [7, 11) is 0. The van der Waals surface area contributed by atoms with Gasteiger partial charge in [0.05, 0.1) is 5.56 Å². The lowest BCUT2D eigenvalue weighted by Gasteiger charge is -2.26. The summed E-state index contributed by atoms with van der Waals surface area (Å²) < 4.78 is 0. The molecule has 2 aromatic rings. The number of carboxylic acids is 1. The quantitative estimate of drug-likeness (QED) is 0.556. The molecule has 0 saturated carbocycles. The van der Waals surface area contributed by atoms with Gasteiger partial charge in [0.2, 0.25) is 0 Å². The molecule has 25 heavy (non-hydrogen) atoms. The summed E-state index contributed by atoms with van der Waals surface area (Å²) in [5.74, 6) is -0.888. The third kappa shape index (κ3) is 3.84. The molecule has 0 fully saturated rings. The number of rotatable bonds is 3. The zero-order valence-corrected chi connectivity index (χ0v) is 15.3. The first-order valence-corrected chi connectivity index (χ1v) is 9.02. The van der Waals surface area contributed by atoms with Crippen LogP contribution in [0.25, 0.3) is 11.6 Å². The van der Waals surface area contributed by atoms with Crippen LogP contribution in [0.4, 0.5) is 0 Å². The lowest BCUT2D eigenvalue weighted by Crippen LogP contribution is -2.17. The molecule has 1 aliphatic carbocycles. The first-order valence-electron chi connectivity index (χ1n) is 9.02. The second-order valence-electron chi connectivity index (χ2n) is 7.72. The molecule has 0 bridgehead atoms. The molecule has 0 unspecified atom stereocenters. The predicted molar refractivity (Wildman–Crippen MR) is 104 cm³/mol. The zero-order valence-electron chi connectivity index (χ0n) is 15.3. The predicted octanol–water partition coefficient (Wildman–Crippen LogP) is 5.95. The molecule has 1 aliphatic rings. The third-order valence-corrected chi connectivity index (χ3v) is 5.33. The van der Waals surface area contributed by atoms with Crippen molar-refractivity contribution in [2.24, 2.45) is 0 Å². The summed E-state index contributed by atoms with van der Waals surface area (Å²) in [6.07, 6.45) is 7.09. The SMILES string of the molecule is C/C(=C\c1ccc(C(=O)O)cc1)c1ccc2c(c1)CCCCC2(C)C.